The lowest BCUT2D eigenvalue weighted by Gasteiger charge is -2.05. The highest BCUT2D eigenvalue weighted by atomic mass is 16.5. The first-order valence-electron chi connectivity index (χ1n) is 11.6. The minimum absolute atomic E-state index is 0.0752. The number of aromatic nitrogens is 1. The molecule has 0 bridgehead atoms. The number of hydrogen-bond acceptors (Lipinski definition) is 2. The normalized spacial score (nSPS) is 11.1. The molecule has 1 aromatic heterocycles. The summed E-state index contributed by atoms with van der Waals surface area (Å²) in [5.41, 5.74) is 3.66. The number of benzene rings is 2. The maximum Gasteiger partial charge on any atom is 0.306 e. The molecule has 160 valence electrons. The fourth-order valence-corrected chi connectivity index (χ4v) is 3.90. The Bertz CT molecular complexity index is 836. The Morgan fingerprint density at radius 2 is 1.37 bits per heavy atom. The van der Waals surface area contributed by atoms with E-state index in [2.05, 4.69) is 35.3 Å². The number of carbonyl (C=O) groups excluding carboxylic acids is 1. The lowest BCUT2D eigenvalue weighted by molar-refractivity contribution is -0.145. The molecule has 0 atom stereocenters. The van der Waals surface area contributed by atoms with Crippen molar-refractivity contribution in [1.82, 2.24) is 4.98 Å². The van der Waals surface area contributed by atoms with Crippen LogP contribution < -0.4 is 0 Å². The highest BCUT2D eigenvalue weighted by Gasteiger charge is 2.03. The van der Waals surface area contributed by atoms with E-state index in [0.717, 1.165) is 24.8 Å². The van der Waals surface area contributed by atoms with Gasteiger partial charge in [-0.05, 0) is 42.3 Å². The molecule has 3 nitrogen and oxygen atoms in total. The Morgan fingerprint density at radius 1 is 0.733 bits per heavy atom. The van der Waals surface area contributed by atoms with Gasteiger partial charge < -0.3 is 9.72 Å². The van der Waals surface area contributed by atoms with Crippen LogP contribution in [-0.4, -0.2) is 11.0 Å². The van der Waals surface area contributed by atoms with Crippen molar-refractivity contribution in [1.29, 1.82) is 0 Å². The molecule has 30 heavy (non-hydrogen) atoms. The average Bonchev–Trinajstić information content (AvgIpc) is 3.19. The summed E-state index contributed by atoms with van der Waals surface area (Å²) in [5.74, 6) is -0.0752. The molecule has 1 heterocycles. The first kappa shape index (κ1) is 22.1. The largest absolute Gasteiger partial charge is 0.461 e. The van der Waals surface area contributed by atoms with E-state index in [1.165, 1.54) is 61.5 Å². The van der Waals surface area contributed by atoms with Gasteiger partial charge in [0.1, 0.15) is 6.61 Å². The Balaban J connectivity index is 1.11. The van der Waals surface area contributed by atoms with Crippen LogP contribution in [-0.2, 0) is 22.6 Å². The van der Waals surface area contributed by atoms with Gasteiger partial charge in [0.15, 0.2) is 0 Å². The van der Waals surface area contributed by atoms with E-state index in [4.69, 9.17) is 4.74 Å². The van der Waals surface area contributed by atoms with Crippen molar-refractivity contribution in [2.24, 2.45) is 0 Å². The molecule has 3 heteroatoms. The molecular weight excluding hydrogens is 370 g/mol. The van der Waals surface area contributed by atoms with Crippen LogP contribution in [0.5, 0.6) is 0 Å². The summed E-state index contributed by atoms with van der Waals surface area (Å²) in [6.07, 6.45) is 12.8. The van der Waals surface area contributed by atoms with Crippen LogP contribution in [0.3, 0.4) is 0 Å². The van der Waals surface area contributed by atoms with Gasteiger partial charge in [-0.2, -0.15) is 0 Å². The number of rotatable bonds is 14. The molecule has 2 aromatic carbocycles. The van der Waals surface area contributed by atoms with Gasteiger partial charge in [-0.25, -0.2) is 0 Å². The van der Waals surface area contributed by atoms with Gasteiger partial charge in [0.25, 0.3) is 0 Å². The zero-order valence-corrected chi connectivity index (χ0v) is 18.1. The van der Waals surface area contributed by atoms with Crippen LogP contribution in [0, 0.1) is 0 Å². The number of nitrogens with one attached hydrogen (secondary N) is 1. The number of aromatic amines is 1. The SMILES string of the molecule is O=C(CCCCCCCCCCCc1cc2ccccc2[nH]1)OCc1ccccc1. The molecule has 0 aliphatic carbocycles. The fraction of sp³-hybridized carbons (Fsp3) is 0.444. The lowest BCUT2D eigenvalue weighted by atomic mass is 10.1. The summed E-state index contributed by atoms with van der Waals surface area (Å²) in [7, 11) is 0. The van der Waals surface area contributed by atoms with Crippen molar-refractivity contribution >= 4 is 16.9 Å². The van der Waals surface area contributed by atoms with Gasteiger partial charge >= 0.3 is 5.97 Å². The quantitative estimate of drug-likeness (QED) is 0.225. The molecule has 0 aliphatic rings. The topological polar surface area (TPSA) is 42.1 Å². The molecule has 3 aromatic rings. The van der Waals surface area contributed by atoms with E-state index in [1.807, 2.05) is 30.3 Å². The minimum atomic E-state index is -0.0752. The van der Waals surface area contributed by atoms with Crippen LogP contribution in [0.1, 0.15) is 75.5 Å². The summed E-state index contributed by atoms with van der Waals surface area (Å²) in [6.45, 7) is 0.389. The Kier molecular flexibility index (Phi) is 9.52. The zero-order valence-electron chi connectivity index (χ0n) is 18.1. The van der Waals surface area contributed by atoms with Crippen LogP contribution in [0.2, 0.25) is 0 Å². The van der Waals surface area contributed by atoms with E-state index in [1.54, 1.807) is 0 Å². The minimum Gasteiger partial charge on any atom is -0.461 e. The van der Waals surface area contributed by atoms with Crippen molar-refractivity contribution in [3.05, 3.63) is 71.9 Å². The van der Waals surface area contributed by atoms with Crippen molar-refractivity contribution in [2.75, 3.05) is 0 Å². The number of unbranched alkanes of at least 4 members (excludes halogenated alkanes) is 8. The molecule has 0 spiro atoms. The number of ether oxygens (including phenoxy) is 1. The third kappa shape index (κ3) is 8.06. The van der Waals surface area contributed by atoms with Crippen molar-refractivity contribution < 1.29 is 9.53 Å². The molecule has 0 aliphatic heterocycles. The van der Waals surface area contributed by atoms with E-state index < -0.39 is 0 Å². The van der Waals surface area contributed by atoms with E-state index in [-0.39, 0.29) is 5.97 Å². The third-order valence-electron chi connectivity index (χ3n) is 5.66. The zero-order chi connectivity index (χ0) is 20.9. The third-order valence-corrected chi connectivity index (χ3v) is 5.66. The number of aryl methyl sites for hydroxylation is 1. The molecule has 0 amide bonds. The predicted octanol–water partition coefficient (Wildman–Crippen LogP) is 7.35. The molecule has 3 rings (SSSR count). The van der Waals surface area contributed by atoms with Crippen LogP contribution in [0.4, 0.5) is 0 Å². The number of fused-ring (bicyclic) bond motifs is 1. The van der Waals surface area contributed by atoms with Gasteiger partial charge in [0.05, 0.1) is 0 Å². The summed E-state index contributed by atoms with van der Waals surface area (Å²) < 4.78 is 5.32. The molecule has 0 unspecified atom stereocenters. The standard InChI is InChI=1S/C27H35NO2/c29-27(30-22-23-15-9-8-10-16-23)20-12-7-5-3-1-2-4-6-11-18-25-21-24-17-13-14-19-26(24)28-25/h8-10,13-17,19,21,28H,1-7,11-12,18,20,22H2. The summed E-state index contributed by atoms with van der Waals surface area (Å²) in [5, 5.41) is 1.32. The maximum atomic E-state index is 11.8. The molecule has 1 N–H and O–H groups in total. The van der Waals surface area contributed by atoms with Gasteiger partial charge in [0.2, 0.25) is 0 Å². The molecule has 0 saturated heterocycles. The van der Waals surface area contributed by atoms with Gasteiger partial charge in [0, 0.05) is 17.6 Å². The van der Waals surface area contributed by atoms with E-state index in [9.17, 15) is 4.79 Å². The highest BCUT2D eigenvalue weighted by Crippen LogP contribution is 2.17. The van der Waals surface area contributed by atoms with Gasteiger partial charge in [-0.15, -0.1) is 0 Å². The summed E-state index contributed by atoms with van der Waals surface area (Å²) in [4.78, 5) is 15.3. The molecule has 0 saturated carbocycles. The number of hydrogen-bond donors (Lipinski definition) is 1. The highest BCUT2D eigenvalue weighted by molar-refractivity contribution is 5.80. The predicted molar refractivity (Wildman–Crippen MR) is 124 cm³/mol. The van der Waals surface area contributed by atoms with Crippen LogP contribution in [0.25, 0.3) is 10.9 Å². The molecule has 0 fully saturated rings. The van der Waals surface area contributed by atoms with Crippen molar-refractivity contribution in [3.63, 3.8) is 0 Å². The van der Waals surface area contributed by atoms with Gasteiger partial charge in [-0.1, -0.05) is 93.5 Å². The first-order chi connectivity index (χ1) is 14.8. The van der Waals surface area contributed by atoms with Gasteiger partial charge in [-0.3, -0.25) is 4.79 Å². The summed E-state index contributed by atoms with van der Waals surface area (Å²) in [6, 6.07) is 20.6. The number of H-pyrrole nitrogens is 1. The van der Waals surface area contributed by atoms with Crippen LogP contribution >= 0.6 is 0 Å². The Hall–Kier alpha value is -2.55. The smallest absolute Gasteiger partial charge is 0.306 e. The van der Waals surface area contributed by atoms with E-state index >= 15 is 0 Å². The fourth-order valence-electron chi connectivity index (χ4n) is 3.90. The monoisotopic (exact) mass is 405 g/mol. The first-order valence-corrected chi connectivity index (χ1v) is 11.6. The maximum absolute atomic E-state index is 11.8. The Labute approximate surface area is 180 Å². The average molecular weight is 406 g/mol. The number of carbonyl (C=O) groups is 1. The van der Waals surface area contributed by atoms with Crippen molar-refractivity contribution in [2.45, 2.75) is 77.2 Å². The molecule has 0 radical (unpaired) electrons. The van der Waals surface area contributed by atoms with Crippen LogP contribution in [0.15, 0.2) is 60.7 Å². The number of esters is 1. The number of para-hydroxylation sites is 1. The Morgan fingerprint density at radius 3 is 2.10 bits per heavy atom. The second-order valence-electron chi connectivity index (χ2n) is 8.21. The second kappa shape index (κ2) is 12.9. The molecular formula is C27H35NO2. The summed E-state index contributed by atoms with van der Waals surface area (Å²) >= 11 is 0. The van der Waals surface area contributed by atoms with E-state index in [0.29, 0.717) is 13.0 Å². The van der Waals surface area contributed by atoms with Crippen molar-refractivity contribution in [3.8, 4) is 0 Å². The second-order valence-corrected chi connectivity index (χ2v) is 8.21. The lowest BCUT2D eigenvalue weighted by Crippen LogP contribution is -2.04.